The summed E-state index contributed by atoms with van der Waals surface area (Å²) in [5, 5.41) is 8.60. The summed E-state index contributed by atoms with van der Waals surface area (Å²) in [5.74, 6) is -0.363. The number of ether oxygens (including phenoxy) is 1. The molecule has 1 fully saturated rings. The maximum atomic E-state index is 12.5. The van der Waals surface area contributed by atoms with Gasteiger partial charge in [-0.15, -0.1) is 0 Å². The summed E-state index contributed by atoms with van der Waals surface area (Å²) in [6, 6.07) is 4.72. The van der Waals surface area contributed by atoms with Gasteiger partial charge < -0.3 is 10.1 Å². The van der Waals surface area contributed by atoms with Gasteiger partial charge in [-0.1, -0.05) is 0 Å². The molecule has 0 bridgehead atoms. The molecule has 1 amide bonds. The van der Waals surface area contributed by atoms with Crippen LogP contribution in [0.4, 0.5) is 8.78 Å². The van der Waals surface area contributed by atoms with E-state index in [2.05, 4.69) is 20.5 Å². The molecule has 0 radical (unpaired) electrons. The lowest BCUT2D eigenvalue weighted by atomic mass is 9.95. The summed E-state index contributed by atoms with van der Waals surface area (Å²) in [4.78, 5) is 16.1. The Kier molecular flexibility index (Phi) is 4.61. The third-order valence-corrected chi connectivity index (χ3v) is 3.83. The SMILES string of the molecule is O=C(N[C@@H]1COC[C@H]1Cc1ccncc1)c1cc(C(F)F)[nH]n1. The Morgan fingerprint density at radius 1 is 1.39 bits per heavy atom. The second-order valence-electron chi connectivity index (χ2n) is 5.45. The number of nitrogens with one attached hydrogen (secondary N) is 2. The number of amides is 1. The van der Waals surface area contributed by atoms with Crippen LogP contribution in [-0.2, 0) is 11.2 Å². The van der Waals surface area contributed by atoms with Crippen LogP contribution in [0.25, 0.3) is 0 Å². The fourth-order valence-corrected chi connectivity index (χ4v) is 2.59. The van der Waals surface area contributed by atoms with Gasteiger partial charge in [0.15, 0.2) is 0 Å². The molecule has 3 rings (SSSR count). The van der Waals surface area contributed by atoms with Crippen LogP contribution in [0, 0.1) is 5.92 Å². The van der Waals surface area contributed by atoms with Gasteiger partial charge in [-0.05, 0) is 30.2 Å². The minimum Gasteiger partial charge on any atom is -0.379 e. The Morgan fingerprint density at radius 2 is 2.17 bits per heavy atom. The Bertz CT molecular complexity index is 663. The van der Waals surface area contributed by atoms with Crippen molar-refractivity contribution in [1.82, 2.24) is 20.5 Å². The molecule has 2 N–H and O–H groups in total. The van der Waals surface area contributed by atoms with Crippen molar-refractivity contribution >= 4 is 5.91 Å². The quantitative estimate of drug-likeness (QED) is 0.878. The van der Waals surface area contributed by atoms with E-state index in [1.165, 1.54) is 0 Å². The van der Waals surface area contributed by atoms with E-state index in [1.807, 2.05) is 12.1 Å². The van der Waals surface area contributed by atoms with E-state index in [0.717, 1.165) is 18.1 Å². The van der Waals surface area contributed by atoms with Gasteiger partial charge in [-0.3, -0.25) is 14.9 Å². The Hall–Kier alpha value is -2.35. The Labute approximate surface area is 131 Å². The predicted molar refractivity (Wildman–Crippen MR) is 77.0 cm³/mol. The second-order valence-corrected chi connectivity index (χ2v) is 5.45. The number of H-pyrrole nitrogens is 1. The molecule has 2 atom stereocenters. The first kappa shape index (κ1) is 15.5. The molecule has 0 unspecified atom stereocenters. The Balaban J connectivity index is 1.62. The van der Waals surface area contributed by atoms with Crippen molar-refractivity contribution in [3.8, 4) is 0 Å². The monoisotopic (exact) mass is 322 g/mol. The van der Waals surface area contributed by atoms with Crippen LogP contribution in [0.15, 0.2) is 30.6 Å². The number of rotatable bonds is 5. The molecular formula is C15H16F2N4O2. The van der Waals surface area contributed by atoms with E-state index in [4.69, 9.17) is 4.74 Å². The molecule has 0 aliphatic carbocycles. The van der Waals surface area contributed by atoms with Crippen LogP contribution in [0.1, 0.15) is 28.2 Å². The first-order valence-electron chi connectivity index (χ1n) is 7.24. The summed E-state index contributed by atoms with van der Waals surface area (Å²) in [7, 11) is 0. The molecule has 0 saturated carbocycles. The number of hydrogen-bond acceptors (Lipinski definition) is 4. The lowest BCUT2D eigenvalue weighted by Crippen LogP contribution is -2.40. The minimum absolute atomic E-state index is 0.0464. The van der Waals surface area contributed by atoms with Gasteiger partial charge in [-0.25, -0.2) is 8.78 Å². The van der Waals surface area contributed by atoms with Gasteiger partial charge in [0.25, 0.3) is 12.3 Å². The van der Waals surface area contributed by atoms with Crippen LogP contribution in [0.3, 0.4) is 0 Å². The van der Waals surface area contributed by atoms with Gasteiger partial charge in [0.1, 0.15) is 11.4 Å². The molecule has 2 aromatic rings. The normalized spacial score (nSPS) is 20.8. The van der Waals surface area contributed by atoms with Crippen LogP contribution >= 0.6 is 0 Å². The molecule has 6 nitrogen and oxygen atoms in total. The largest absolute Gasteiger partial charge is 0.379 e. The number of carbonyl (C=O) groups excluding carboxylic acids is 1. The zero-order chi connectivity index (χ0) is 16.2. The zero-order valence-corrected chi connectivity index (χ0v) is 12.2. The van der Waals surface area contributed by atoms with Gasteiger partial charge >= 0.3 is 0 Å². The minimum atomic E-state index is -2.68. The number of alkyl halides is 2. The number of pyridine rings is 1. The number of hydrogen-bond donors (Lipinski definition) is 2. The maximum absolute atomic E-state index is 12.5. The third-order valence-electron chi connectivity index (χ3n) is 3.83. The number of aromatic amines is 1. The lowest BCUT2D eigenvalue weighted by Gasteiger charge is -2.18. The van der Waals surface area contributed by atoms with Gasteiger partial charge in [0, 0.05) is 18.3 Å². The maximum Gasteiger partial charge on any atom is 0.279 e. The van der Waals surface area contributed by atoms with Crippen LogP contribution in [-0.4, -0.2) is 40.3 Å². The highest BCUT2D eigenvalue weighted by atomic mass is 19.3. The van der Waals surface area contributed by atoms with E-state index < -0.39 is 12.3 Å². The standard InChI is InChI=1S/C15H16F2N4O2/c16-14(17)11-6-12(21-20-11)15(22)19-13-8-23-7-10(13)5-9-1-3-18-4-2-9/h1-4,6,10,13-14H,5,7-8H2,(H,19,22)(H,20,21)/t10-,13-/m1/s1. The smallest absolute Gasteiger partial charge is 0.279 e. The second kappa shape index (κ2) is 6.82. The summed E-state index contributed by atoms with van der Waals surface area (Å²) in [5.41, 5.74) is 0.690. The van der Waals surface area contributed by atoms with Crippen molar-refractivity contribution in [2.24, 2.45) is 5.92 Å². The zero-order valence-electron chi connectivity index (χ0n) is 12.2. The molecule has 23 heavy (non-hydrogen) atoms. The van der Waals surface area contributed by atoms with Crippen molar-refractivity contribution in [3.63, 3.8) is 0 Å². The van der Waals surface area contributed by atoms with Crippen LogP contribution in [0.2, 0.25) is 0 Å². The molecule has 0 aromatic carbocycles. The summed E-state index contributed by atoms with van der Waals surface area (Å²) >= 11 is 0. The van der Waals surface area contributed by atoms with E-state index in [-0.39, 0.29) is 23.3 Å². The molecule has 2 aromatic heterocycles. The van der Waals surface area contributed by atoms with Crippen molar-refractivity contribution in [2.75, 3.05) is 13.2 Å². The topological polar surface area (TPSA) is 79.9 Å². The average molecular weight is 322 g/mol. The van der Waals surface area contributed by atoms with E-state index in [1.54, 1.807) is 12.4 Å². The highest BCUT2D eigenvalue weighted by Crippen LogP contribution is 2.20. The third kappa shape index (κ3) is 3.70. The predicted octanol–water partition coefficient (Wildman–Crippen LogP) is 1.73. The molecule has 1 aliphatic rings. The number of aromatic nitrogens is 3. The van der Waals surface area contributed by atoms with Crippen molar-refractivity contribution in [3.05, 3.63) is 47.5 Å². The Morgan fingerprint density at radius 3 is 2.87 bits per heavy atom. The van der Waals surface area contributed by atoms with Crippen molar-refractivity contribution in [1.29, 1.82) is 0 Å². The first-order chi connectivity index (χ1) is 11.1. The molecule has 1 saturated heterocycles. The first-order valence-corrected chi connectivity index (χ1v) is 7.24. The summed E-state index contributed by atoms with van der Waals surface area (Å²) in [6.07, 6.45) is 1.50. The molecule has 3 heterocycles. The number of carbonyl (C=O) groups is 1. The molecule has 0 spiro atoms. The molecule has 122 valence electrons. The number of halogens is 2. The van der Waals surface area contributed by atoms with Crippen LogP contribution < -0.4 is 5.32 Å². The number of nitrogens with zero attached hydrogens (tertiary/aromatic N) is 2. The van der Waals surface area contributed by atoms with E-state index >= 15 is 0 Å². The molecular weight excluding hydrogens is 306 g/mol. The van der Waals surface area contributed by atoms with Crippen LogP contribution in [0.5, 0.6) is 0 Å². The van der Waals surface area contributed by atoms with Crippen molar-refractivity contribution in [2.45, 2.75) is 18.9 Å². The molecule has 1 aliphatic heterocycles. The fourth-order valence-electron chi connectivity index (χ4n) is 2.59. The highest BCUT2D eigenvalue weighted by molar-refractivity contribution is 5.92. The summed E-state index contributed by atoms with van der Waals surface area (Å²) in [6.45, 7) is 0.934. The van der Waals surface area contributed by atoms with Gasteiger partial charge in [0.2, 0.25) is 0 Å². The van der Waals surface area contributed by atoms with Gasteiger partial charge in [0.05, 0.1) is 19.3 Å². The van der Waals surface area contributed by atoms with E-state index in [9.17, 15) is 13.6 Å². The highest BCUT2D eigenvalue weighted by Gasteiger charge is 2.30. The average Bonchev–Trinajstić information content (AvgIpc) is 3.18. The fraction of sp³-hybridized carbons (Fsp3) is 0.400. The lowest BCUT2D eigenvalue weighted by molar-refractivity contribution is 0.0920. The van der Waals surface area contributed by atoms with Crippen molar-refractivity contribution < 1.29 is 18.3 Å². The molecule has 8 heteroatoms. The summed E-state index contributed by atoms with van der Waals surface area (Å²) < 4.78 is 30.5. The van der Waals surface area contributed by atoms with E-state index in [0.29, 0.717) is 13.2 Å². The van der Waals surface area contributed by atoms with Gasteiger partial charge in [-0.2, -0.15) is 5.10 Å².